The number of carbonyl (C=O) groups is 1. The smallest absolute Gasteiger partial charge is 0.322 e. The maximum Gasteiger partial charge on any atom is 0.322 e. The molecule has 0 aliphatic heterocycles. The van der Waals surface area contributed by atoms with Gasteiger partial charge in [0.05, 0.1) is 5.69 Å². The Labute approximate surface area is 156 Å². The van der Waals surface area contributed by atoms with Gasteiger partial charge in [-0.25, -0.2) is 0 Å². The largest absolute Gasteiger partial charge is 0.480 e. The molecule has 2 rings (SSSR count). The summed E-state index contributed by atoms with van der Waals surface area (Å²) in [7, 11) is 1.95. The molecule has 0 radical (unpaired) electrons. The van der Waals surface area contributed by atoms with Crippen molar-refractivity contribution in [3.63, 3.8) is 0 Å². The average molecular weight is 363 g/mol. The van der Waals surface area contributed by atoms with E-state index in [9.17, 15) is 9.90 Å². The molecule has 0 amide bonds. The SMILES string of the molecule is CCCC[C@H]1CC[C@H](N(C)C(=S)C(C)(C(=O)O)c2ccccn2)CC1. The molecule has 1 aromatic heterocycles. The molecular weight excluding hydrogens is 332 g/mol. The standard InChI is InChI=1S/C20H30N2O2S/c1-4-5-8-15-10-12-16(13-11-15)22(3)18(25)20(2,19(23)24)17-9-6-7-14-21-17/h6-7,9,14-16H,4-5,8,10-13H2,1-3H3,(H,23,24)/t15-,16-,20?. The van der Waals surface area contributed by atoms with Crippen LogP contribution in [0, 0.1) is 5.92 Å². The summed E-state index contributed by atoms with van der Waals surface area (Å²) in [6.45, 7) is 3.91. The second-order valence-corrected chi connectivity index (χ2v) is 7.76. The Morgan fingerprint density at radius 3 is 2.56 bits per heavy atom. The van der Waals surface area contributed by atoms with Gasteiger partial charge in [0.2, 0.25) is 0 Å². The third-order valence-electron chi connectivity index (χ3n) is 5.68. The predicted octanol–water partition coefficient (Wildman–Crippen LogP) is 4.43. The Kier molecular flexibility index (Phi) is 6.94. The van der Waals surface area contributed by atoms with Crippen LogP contribution >= 0.6 is 12.2 Å². The first-order valence-electron chi connectivity index (χ1n) is 9.33. The molecule has 1 saturated carbocycles. The van der Waals surface area contributed by atoms with E-state index >= 15 is 0 Å². The number of carboxylic acid groups (broad SMARTS) is 1. The molecule has 1 N–H and O–H groups in total. The lowest BCUT2D eigenvalue weighted by atomic mass is 9.81. The number of unbranched alkanes of at least 4 members (excludes halogenated alkanes) is 1. The molecule has 4 nitrogen and oxygen atoms in total. The molecule has 1 aliphatic carbocycles. The van der Waals surface area contributed by atoms with Crippen LogP contribution in [0.2, 0.25) is 0 Å². The molecule has 1 atom stereocenters. The summed E-state index contributed by atoms with van der Waals surface area (Å²) in [5.74, 6) is -0.125. The topological polar surface area (TPSA) is 53.4 Å². The summed E-state index contributed by atoms with van der Waals surface area (Å²) in [6, 6.07) is 5.67. The lowest BCUT2D eigenvalue weighted by Crippen LogP contribution is -2.51. The van der Waals surface area contributed by atoms with Crippen LogP contribution < -0.4 is 0 Å². The van der Waals surface area contributed by atoms with Crippen molar-refractivity contribution in [1.82, 2.24) is 9.88 Å². The highest BCUT2D eigenvalue weighted by Gasteiger charge is 2.44. The summed E-state index contributed by atoms with van der Waals surface area (Å²) in [4.78, 5) is 18.8. The van der Waals surface area contributed by atoms with Gasteiger partial charge in [0.25, 0.3) is 0 Å². The van der Waals surface area contributed by atoms with Gasteiger partial charge in [-0.15, -0.1) is 0 Å². The summed E-state index contributed by atoms with van der Waals surface area (Å²) < 4.78 is 0. The number of thiocarbonyl (C=S) groups is 1. The van der Waals surface area contributed by atoms with Crippen molar-refractivity contribution in [2.75, 3.05) is 7.05 Å². The molecule has 25 heavy (non-hydrogen) atoms. The van der Waals surface area contributed by atoms with E-state index in [1.165, 1.54) is 32.1 Å². The molecule has 1 aliphatic rings. The number of pyridine rings is 1. The van der Waals surface area contributed by atoms with Crippen LogP contribution in [0.1, 0.15) is 64.5 Å². The first-order chi connectivity index (χ1) is 11.9. The first kappa shape index (κ1) is 19.8. The highest BCUT2D eigenvalue weighted by Crippen LogP contribution is 2.33. The molecule has 0 aromatic carbocycles. The van der Waals surface area contributed by atoms with Gasteiger partial charge in [0, 0.05) is 19.3 Å². The van der Waals surface area contributed by atoms with E-state index in [0.29, 0.717) is 16.7 Å². The number of hydrogen-bond donors (Lipinski definition) is 1. The van der Waals surface area contributed by atoms with E-state index in [4.69, 9.17) is 12.2 Å². The van der Waals surface area contributed by atoms with Crippen molar-refractivity contribution < 1.29 is 9.90 Å². The van der Waals surface area contributed by atoms with Crippen molar-refractivity contribution >= 4 is 23.2 Å². The minimum absolute atomic E-state index is 0.327. The van der Waals surface area contributed by atoms with E-state index in [-0.39, 0.29) is 0 Å². The highest BCUT2D eigenvalue weighted by atomic mass is 32.1. The number of rotatable bonds is 7. The van der Waals surface area contributed by atoms with Gasteiger partial charge in [-0.2, -0.15) is 0 Å². The van der Waals surface area contributed by atoms with Gasteiger partial charge in [0.1, 0.15) is 4.99 Å². The lowest BCUT2D eigenvalue weighted by Gasteiger charge is -2.40. The minimum Gasteiger partial charge on any atom is -0.480 e. The highest BCUT2D eigenvalue weighted by molar-refractivity contribution is 7.80. The van der Waals surface area contributed by atoms with Crippen LogP contribution in [0.15, 0.2) is 24.4 Å². The molecule has 0 saturated heterocycles. The fourth-order valence-electron chi connectivity index (χ4n) is 3.80. The molecule has 1 aromatic rings. The van der Waals surface area contributed by atoms with Gasteiger partial charge in [0.15, 0.2) is 5.41 Å². The van der Waals surface area contributed by atoms with Crippen molar-refractivity contribution in [3.05, 3.63) is 30.1 Å². The van der Waals surface area contributed by atoms with Crippen LogP contribution in [0.3, 0.4) is 0 Å². The Morgan fingerprint density at radius 1 is 1.36 bits per heavy atom. The zero-order valence-electron chi connectivity index (χ0n) is 15.6. The second kappa shape index (κ2) is 8.75. The van der Waals surface area contributed by atoms with E-state index in [0.717, 1.165) is 18.8 Å². The van der Waals surface area contributed by atoms with Crippen molar-refractivity contribution in [2.24, 2.45) is 5.92 Å². The number of aliphatic carboxylic acids is 1. The maximum absolute atomic E-state index is 12.1. The Morgan fingerprint density at radius 2 is 2.04 bits per heavy atom. The normalized spacial score (nSPS) is 22.8. The van der Waals surface area contributed by atoms with E-state index in [2.05, 4.69) is 11.9 Å². The Balaban J connectivity index is 2.09. The van der Waals surface area contributed by atoms with E-state index < -0.39 is 11.4 Å². The zero-order chi connectivity index (χ0) is 18.4. The van der Waals surface area contributed by atoms with Crippen LogP contribution in [0.4, 0.5) is 0 Å². The van der Waals surface area contributed by atoms with Crippen LogP contribution in [0.25, 0.3) is 0 Å². The van der Waals surface area contributed by atoms with Gasteiger partial charge in [-0.1, -0.05) is 44.5 Å². The molecule has 1 fully saturated rings. The number of hydrogen-bond acceptors (Lipinski definition) is 3. The number of nitrogens with zero attached hydrogens (tertiary/aromatic N) is 2. The van der Waals surface area contributed by atoms with Gasteiger partial charge in [-0.05, 0) is 50.7 Å². The van der Waals surface area contributed by atoms with Crippen molar-refractivity contribution in [3.8, 4) is 0 Å². The molecule has 138 valence electrons. The number of carboxylic acids is 1. The monoisotopic (exact) mass is 362 g/mol. The zero-order valence-corrected chi connectivity index (χ0v) is 16.4. The summed E-state index contributed by atoms with van der Waals surface area (Å²) in [6.07, 6.45) is 10.1. The molecule has 0 bridgehead atoms. The third kappa shape index (κ3) is 4.38. The lowest BCUT2D eigenvalue weighted by molar-refractivity contribution is -0.140. The summed E-state index contributed by atoms with van der Waals surface area (Å²) in [5.41, 5.74) is -0.777. The van der Waals surface area contributed by atoms with Gasteiger partial charge >= 0.3 is 5.97 Å². The second-order valence-electron chi connectivity index (χ2n) is 7.38. The van der Waals surface area contributed by atoms with Crippen LogP contribution in [-0.2, 0) is 10.2 Å². The average Bonchev–Trinajstić information content (AvgIpc) is 2.65. The van der Waals surface area contributed by atoms with Gasteiger partial charge < -0.3 is 10.0 Å². The van der Waals surface area contributed by atoms with E-state index in [1.807, 2.05) is 18.0 Å². The fourth-order valence-corrected chi connectivity index (χ4v) is 4.14. The van der Waals surface area contributed by atoms with Crippen LogP contribution in [0.5, 0.6) is 0 Å². The number of aromatic nitrogens is 1. The molecule has 5 heteroatoms. The molecule has 1 unspecified atom stereocenters. The maximum atomic E-state index is 12.1. The third-order valence-corrected chi connectivity index (χ3v) is 6.38. The van der Waals surface area contributed by atoms with Gasteiger partial charge in [-0.3, -0.25) is 9.78 Å². The first-order valence-corrected chi connectivity index (χ1v) is 9.74. The predicted molar refractivity (Wildman–Crippen MR) is 105 cm³/mol. The summed E-state index contributed by atoms with van der Waals surface area (Å²) in [5, 5.41) is 9.89. The van der Waals surface area contributed by atoms with E-state index in [1.54, 1.807) is 25.3 Å². The Hall–Kier alpha value is -1.49. The fraction of sp³-hybridized carbons (Fsp3) is 0.650. The number of likely N-dealkylation sites (N-methyl/N-ethyl adjacent to an activating group) is 1. The molecular formula is C20H30N2O2S. The van der Waals surface area contributed by atoms with Crippen molar-refractivity contribution in [2.45, 2.75) is 70.3 Å². The minimum atomic E-state index is -1.27. The summed E-state index contributed by atoms with van der Waals surface area (Å²) >= 11 is 5.66. The van der Waals surface area contributed by atoms with Crippen LogP contribution in [-0.4, -0.2) is 39.0 Å². The molecule has 0 spiro atoms. The quantitative estimate of drug-likeness (QED) is 0.727. The Bertz CT molecular complexity index is 585. The molecule has 1 heterocycles. The van der Waals surface area contributed by atoms with Crippen molar-refractivity contribution in [1.29, 1.82) is 0 Å².